The van der Waals surface area contributed by atoms with E-state index in [4.69, 9.17) is 37.9 Å². The van der Waals surface area contributed by atoms with E-state index in [0.29, 0.717) is 40.9 Å². The summed E-state index contributed by atoms with van der Waals surface area (Å²) < 4.78 is 44.8. The maximum atomic E-state index is 14.0. The number of benzene rings is 2. The number of aliphatic hydroxyl groups is 1. The Kier molecular flexibility index (Phi) is 10.3. The van der Waals surface area contributed by atoms with Crippen LogP contribution in [0.15, 0.2) is 48.0 Å². The Bertz CT molecular complexity index is 1730. The largest absolute Gasteiger partial charge is 0.496 e. The first-order valence-corrected chi connectivity index (χ1v) is 16.0. The maximum absolute atomic E-state index is 14.0. The number of esters is 4. The summed E-state index contributed by atoms with van der Waals surface area (Å²) in [5.41, 5.74) is -0.515. The monoisotopic (exact) mass is 696 g/mol. The van der Waals surface area contributed by atoms with E-state index in [2.05, 4.69) is 0 Å². The van der Waals surface area contributed by atoms with Gasteiger partial charge in [-0.1, -0.05) is 30.3 Å². The van der Waals surface area contributed by atoms with Gasteiger partial charge in [0.1, 0.15) is 22.9 Å². The molecule has 2 aromatic rings. The van der Waals surface area contributed by atoms with Gasteiger partial charge < -0.3 is 43.0 Å². The first-order valence-electron chi connectivity index (χ1n) is 16.0. The van der Waals surface area contributed by atoms with Gasteiger partial charge >= 0.3 is 23.9 Å². The Morgan fingerprint density at radius 1 is 0.900 bits per heavy atom. The maximum Gasteiger partial charge on any atom is 0.339 e. The Balaban J connectivity index is 1.49. The third kappa shape index (κ3) is 7.17. The van der Waals surface area contributed by atoms with Crippen LogP contribution in [0.5, 0.6) is 11.5 Å². The van der Waals surface area contributed by atoms with Crippen molar-refractivity contribution < 1.29 is 67.0 Å². The lowest BCUT2D eigenvalue weighted by molar-refractivity contribution is -0.282. The van der Waals surface area contributed by atoms with Crippen molar-refractivity contribution in [2.24, 2.45) is 0 Å². The smallest absolute Gasteiger partial charge is 0.339 e. The number of fused-ring (bicyclic) bond motifs is 2. The Hall–Kier alpha value is -4.95. The summed E-state index contributed by atoms with van der Waals surface area (Å²) in [6.45, 7) is 7.17. The van der Waals surface area contributed by atoms with Crippen LogP contribution in [-0.4, -0.2) is 85.3 Å². The van der Waals surface area contributed by atoms with Crippen LogP contribution < -0.4 is 9.47 Å². The zero-order valence-electron chi connectivity index (χ0n) is 28.8. The third-order valence-corrected chi connectivity index (χ3v) is 8.69. The van der Waals surface area contributed by atoms with E-state index in [9.17, 15) is 29.1 Å². The summed E-state index contributed by atoms with van der Waals surface area (Å²) >= 11 is 0. The highest BCUT2D eigenvalue weighted by molar-refractivity contribution is 6.10. The Morgan fingerprint density at radius 3 is 2.18 bits per heavy atom. The van der Waals surface area contributed by atoms with Crippen molar-refractivity contribution >= 4 is 35.4 Å². The molecular weight excluding hydrogens is 656 g/mol. The molecule has 0 aromatic heterocycles. The highest BCUT2D eigenvalue weighted by Gasteiger charge is 2.56. The zero-order valence-corrected chi connectivity index (χ0v) is 28.8. The van der Waals surface area contributed by atoms with Crippen LogP contribution in [0.2, 0.25) is 0 Å². The molecule has 1 unspecified atom stereocenters. The van der Waals surface area contributed by atoms with Gasteiger partial charge in [0.15, 0.2) is 29.7 Å². The van der Waals surface area contributed by atoms with E-state index in [-0.39, 0.29) is 17.9 Å². The van der Waals surface area contributed by atoms with Gasteiger partial charge in [0.05, 0.1) is 14.2 Å². The van der Waals surface area contributed by atoms with E-state index in [1.54, 1.807) is 18.2 Å². The summed E-state index contributed by atoms with van der Waals surface area (Å²) in [5, 5.41) is 12.2. The van der Waals surface area contributed by atoms with Crippen molar-refractivity contribution in [2.75, 3.05) is 14.2 Å². The molecule has 1 aliphatic carbocycles. The van der Waals surface area contributed by atoms with Crippen molar-refractivity contribution in [2.45, 2.75) is 95.8 Å². The minimum atomic E-state index is -1.94. The molecule has 14 nitrogen and oxygen atoms in total. The number of hydrogen-bond acceptors (Lipinski definition) is 14. The van der Waals surface area contributed by atoms with Gasteiger partial charge in [0.2, 0.25) is 12.4 Å². The van der Waals surface area contributed by atoms with Gasteiger partial charge in [-0.15, -0.1) is 0 Å². The molecule has 1 N–H and O–H groups in total. The highest BCUT2D eigenvalue weighted by atomic mass is 16.7. The summed E-state index contributed by atoms with van der Waals surface area (Å²) in [4.78, 5) is 63.1. The predicted molar refractivity (Wildman–Crippen MR) is 171 cm³/mol. The summed E-state index contributed by atoms with van der Waals surface area (Å²) in [6.07, 6.45) is -6.98. The molecule has 268 valence electrons. The lowest BCUT2D eigenvalue weighted by Gasteiger charge is -2.43. The lowest BCUT2D eigenvalue weighted by atomic mass is 9.72. The minimum absolute atomic E-state index is 0.0825. The molecule has 3 aliphatic rings. The second-order valence-electron chi connectivity index (χ2n) is 12.8. The number of carbonyl (C=O) groups excluding carboxylic acids is 5. The van der Waals surface area contributed by atoms with Gasteiger partial charge in [-0.3, -0.25) is 19.2 Å². The van der Waals surface area contributed by atoms with Crippen LogP contribution in [0.25, 0.3) is 5.76 Å². The van der Waals surface area contributed by atoms with Crippen molar-refractivity contribution in [3.8, 4) is 11.5 Å². The van der Waals surface area contributed by atoms with Crippen LogP contribution >= 0.6 is 0 Å². The average molecular weight is 697 g/mol. The molecule has 5 rings (SSSR count). The molecule has 6 atom stereocenters. The van der Waals surface area contributed by atoms with Gasteiger partial charge in [-0.25, -0.2) is 4.79 Å². The van der Waals surface area contributed by atoms with Gasteiger partial charge in [0.25, 0.3) is 0 Å². The van der Waals surface area contributed by atoms with Crippen molar-refractivity contribution in [3.05, 3.63) is 64.7 Å². The van der Waals surface area contributed by atoms with Crippen molar-refractivity contribution in [1.82, 2.24) is 0 Å². The number of methoxy groups -OCH3 is 2. The molecule has 1 fully saturated rings. The Morgan fingerprint density at radius 2 is 1.54 bits per heavy atom. The molecule has 0 bridgehead atoms. The number of carbonyl (C=O) groups is 5. The van der Waals surface area contributed by atoms with Crippen LogP contribution in [0.3, 0.4) is 0 Å². The van der Waals surface area contributed by atoms with Gasteiger partial charge in [-0.2, -0.15) is 0 Å². The number of ketones is 1. The number of ether oxygens (including phenoxy) is 8. The number of Topliss-reactive ketones (excluding diaryl/α,β-unsaturated/α-hetero) is 1. The molecule has 0 spiro atoms. The molecule has 2 heterocycles. The van der Waals surface area contributed by atoms with Crippen LogP contribution in [0.1, 0.15) is 64.2 Å². The normalized spacial score (nSPS) is 26.7. The molecule has 50 heavy (non-hydrogen) atoms. The summed E-state index contributed by atoms with van der Waals surface area (Å²) in [6, 6.07) is 11.6. The van der Waals surface area contributed by atoms with E-state index >= 15 is 0 Å². The van der Waals surface area contributed by atoms with Gasteiger partial charge in [-0.05, 0) is 38.3 Å². The van der Waals surface area contributed by atoms with E-state index in [1.165, 1.54) is 19.2 Å². The molecule has 0 radical (unpaired) electrons. The standard InChI is InChI=1S/C36H40O14/c1-18(37)45-28-29(46-19(2)38)31(47-20(3)39)34(49-30(28)33(41)44-7)48-22-13-12-21(26(16-22)43-6)17-36(42)25-11-9-8-10-23(25)27-24(32(36)40)14-15-35(4,5)50-27/h8-13,16,28-31,34,42H,14-15,17H2,1-7H3/t28-,29-,30-,31+,34+,36?/m0/s1. The molecule has 2 aliphatic heterocycles. The second kappa shape index (κ2) is 14.1. The second-order valence-corrected chi connectivity index (χ2v) is 12.8. The zero-order chi connectivity index (χ0) is 36.5. The van der Waals surface area contributed by atoms with Crippen LogP contribution in [0.4, 0.5) is 0 Å². The van der Waals surface area contributed by atoms with Crippen molar-refractivity contribution in [1.29, 1.82) is 0 Å². The molecule has 1 saturated heterocycles. The van der Waals surface area contributed by atoms with Crippen LogP contribution in [0, 0.1) is 0 Å². The predicted octanol–water partition coefficient (Wildman–Crippen LogP) is 3.08. The molecule has 0 saturated carbocycles. The fourth-order valence-electron chi connectivity index (χ4n) is 6.48. The van der Waals surface area contributed by atoms with E-state index in [1.807, 2.05) is 26.0 Å². The quantitative estimate of drug-likeness (QED) is 0.299. The van der Waals surface area contributed by atoms with E-state index in [0.717, 1.165) is 27.9 Å². The first kappa shape index (κ1) is 36.3. The molecule has 14 heteroatoms. The number of hydrogen-bond donors (Lipinski definition) is 1. The lowest BCUT2D eigenvalue weighted by Crippen LogP contribution is -2.64. The van der Waals surface area contributed by atoms with Crippen molar-refractivity contribution in [3.63, 3.8) is 0 Å². The molecule has 0 amide bonds. The van der Waals surface area contributed by atoms with E-state index < -0.39 is 71.6 Å². The first-order chi connectivity index (χ1) is 23.6. The third-order valence-electron chi connectivity index (χ3n) is 8.69. The number of rotatable bonds is 9. The minimum Gasteiger partial charge on any atom is -0.496 e. The fraction of sp³-hybridized carbons (Fsp3) is 0.472. The SMILES string of the molecule is COC(=O)[C@H]1O[C@@H](Oc2ccc(CC3(O)C(=O)C4=C(OC(C)(C)CC4)c4ccccc43)c(OC)c2)[C@H](OC(C)=O)[C@@H](OC(C)=O)[C@@H]1OC(C)=O. The molecule has 2 aromatic carbocycles. The average Bonchev–Trinajstić information content (AvgIpc) is 3.05. The van der Waals surface area contributed by atoms with Crippen LogP contribution in [-0.2, 0) is 64.4 Å². The summed E-state index contributed by atoms with van der Waals surface area (Å²) in [7, 11) is 2.48. The summed E-state index contributed by atoms with van der Waals surface area (Å²) in [5.74, 6) is -3.14. The molecular formula is C36H40O14. The van der Waals surface area contributed by atoms with Gasteiger partial charge in [0, 0.05) is 50.0 Å². The fourth-order valence-corrected chi connectivity index (χ4v) is 6.48. The topological polar surface area (TPSA) is 179 Å². The Labute approximate surface area is 288 Å². The highest BCUT2D eigenvalue weighted by Crippen LogP contribution is 2.48.